The van der Waals surface area contributed by atoms with E-state index in [9.17, 15) is 4.79 Å². The highest BCUT2D eigenvalue weighted by Gasteiger charge is 2.19. The summed E-state index contributed by atoms with van der Waals surface area (Å²) in [5.41, 5.74) is 3.41. The second-order valence-electron chi connectivity index (χ2n) is 5.58. The number of amides is 1. The molecule has 0 fully saturated rings. The minimum absolute atomic E-state index is 0.138. The van der Waals surface area contributed by atoms with E-state index in [0.29, 0.717) is 11.4 Å². The molecule has 0 atom stereocenters. The molecule has 112 valence electrons. The fourth-order valence-corrected chi connectivity index (χ4v) is 1.63. The number of carbonyl (C=O) groups excluding carboxylic acids is 1. The van der Waals surface area contributed by atoms with Crippen LogP contribution in [-0.4, -0.2) is 31.1 Å². The second-order valence-corrected chi connectivity index (χ2v) is 5.58. The highest BCUT2D eigenvalue weighted by molar-refractivity contribution is 6.03. The van der Waals surface area contributed by atoms with Crippen LogP contribution in [0.4, 0.5) is 11.8 Å². The molecule has 0 saturated carbocycles. The fraction of sp³-hybridized carbons (Fsp3) is 0.417. The molecule has 0 spiro atoms. The first-order valence-electron chi connectivity index (χ1n) is 6.34. The van der Waals surface area contributed by atoms with Gasteiger partial charge < -0.3 is 5.43 Å². The Morgan fingerprint density at radius 2 is 2.05 bits per heavy atom. The van der Waals surface area contributed by atoms with Crippen molar-refractivity contribution in [1.82, 2.24) is 25.2 Å². The lowest BCUT2D eigenvalue weighted by Crippen LogP contribution is -2.20. The Morgan fingerprint density at radius 3 is 2.57 bits per heavy atom. The molecule has 21 heavy (non-hydrogen) atoms. The molecular weight excluding hydrogens is 272 g/mol. The SMILES string of the molecule is Cn1nnc(NC(=O)c2cc(NN)nc(C(C)(C)C)c2)n1. The maximum Gasteiger partial charge on any atom is 0.270 e. The summed E-state index contributed by atoms with van der Waals surface area (Å²) in [7, 11) is 1.61. The Kier molecular flexibility index (Phi) is 3.85. The summed E-state index contributed by atoms with van der Waals surface area (Å²) in [6, 6.07) is 3.27. The maximum atomic E-state index is 12.2. The fourth-order valence-electron chi connectivity index (χ4n) is 1.63. The number of aromatic nitrogens is 5. The van der Waals surface area contributed by atoms with E-state index in [4.69, 9.17) is 5.84 Å². The van der Waals surface area contributed by atoms with Crippen molar-refractivity contribution < 1.29 is 4.79 Å². The monoisotopic (exact) mass is 290 g/mol. The van der Waals surface area contributed by atoms with E-state index in [-0.39, 0.29) is 17.3 Å². The Bertz CT molecular complexity index is 658. The molecule has 0 aliphatic heterocycles. The quantitative estimate of drug-likeness (QED) is 0.553. The van der Waals surface area contributed by atoms with Crippen molar-refractivity contribution >= 4 is 17.7 Å². The van der Waals surface area contributed by atoms with Gasteiger partial charge >= 0.3 is 0 Å². The van der Waals surface area contributed by atoms with Crippen molar-refractivity contribution in [3.05, 3.63) is 23.4 Å². The van der Waals surface area contributed by atoms with Crippen LogP contribution < -0.4 is 16.6 Å². The zero-order valence-corrected chi connectivity index (χ0v) is 12.4. The van der Waals surface area contributed by atoms with Crippen LogP contribution in [0.25, 0.3) is 0 Å². The minimum atomic E-state index is -0.354. The summed E-state index contributed by atoms with van der Waals surface area (Å²) < 4.78 is 0. The van der Waals surface area contributed by atoms with Gasteiger partial charge in [-0.25, -0.2) is 10.8 Å². The average molecular weight is 290 g/mol. The predicted molar refractivity (Wildman–Crippen MR) is 77.5 cm³/mol. The van der Waals surface area contributed by atoms with Crippen LogP contribution in [0.3, 0.4) is 0 Å². The van der Waals surface area contributed by atoms with E-state index in [1.54, 1.807) is 19.2 Å². The molecule has 2 aromatic rings. The summed E-state index contributed by atoms with van der Waals surface area (Å²) in [5, 5.41) is 13.8. The number of nitrogen functional groups attached to an aromatic ring is 1. The van der Waals surface area contributed by atoms with Gasteiger partial charge in [0.2, 0.25) is 0 Å². The first-order valence-corrected chi connectivity index (χ1v) is 6.34. The van der Waals surface area contributed by atoms with Crippen molar-refractivity contribution in [3.63, 3.8) is 0 Å². The summed E-state index contributed by atoms with van der Waals surface area (Å²) in [4.78, 5) is 17.9. The molecule has 0 unspecified atom stereocenters. The van der Waals surface area contributed by atoms with Crippen LogP contribution in [0.5, 0.6) is 0 Å². The molecule has 0 bridgehead atoms. The largest absolute Gasteiger partial charge is 0.308 e. The number of hydrazine groups is 1. The first kappa shape index (κ1) is 14.9. The van der Waals surface area contributed by atoms with Gasteiger partial charge in [0.25, 0.3) is 11.9 Å². The number of carbonyl (C=O) groups is 1. The van der Waals surface area contributed by atoms with E-state index >= 15 is 0 Å². The molecule has 9 heteroatoms. The number of nitrogens with zero attached hydrogens (tertiary/aromatic N) is 5. The van der Waals surface area contributed by atoms with Gasteiger partial charge in [0.15, 0.2) is 0 Å². The minimum Gasteiger partial charge on any atom is -0.308 e. The van der Waals surface area contributed by atoms with Gasteiger partial charge in [-0.3, -0.25) is 10.1 Å². The first-order chi connectivity index (χ1) is 9.79. The molecule has 0 aliphatic rings. The smallest absolute Gasteiger partial charge is 0.270 e. The van der Waals surface area contributed by atoms with E-state index in [2.05, 4.69) is 31.1 Å². The van der Waals surface area contributed by atoms with E-state index in [1.165, 1.54) is 4.80 Å². The van der Waals surface area contributed by atoms with Gasteiger partial charge in [-0.15, -0.1) is 5.10 Å². The number of hydrogen-bond acceptors (Lipinski definition) is 7. The molecule has 9 nitrogen and oxygen atoms in total. The average Bonchev–Trinajstić information content (AvgIpc) is 2.82. The third kappa shape index (κ3) is 3.51. The summed E-state index contributed by atoms with van der Waals surface area (Å²) in [6.07, 6.45) is 0. The zero-order chi connectivity index (χ0) is 15.6. The van der Waals surface area contributed by atoms with E-state index in [0.717, 1.165) is 5.69 Å². The molecule has 1 amide bonds. The number of hydrogen-bond donors (Lipinski definition) is 3. The lowest BCUT2D eigenvalue weighted by atomic mass is 9.90. The van der Waals surface area contributed by atoms with Crippen molar-refractivity contribution in [3.8, 4) is 0 Å². The summed E-state index contributed by atoms with van der Waals surface area (Å²) >= 11 is 0. The lowest BCUT2D eigenvalue weighted by molar-refractivity contribution is 0.102. The second kappa shape index (κ2) is 5.44. The van der Waals surface area contributed by atoms with Gasteiger partial charge in [-0.1, -0.05) is 25.9 Å². The highest BCUT2D eigenvalue weighted by atomic mass is 16.1. The highest BCUT2D eigenvalue weighted by Crippen LogP contribution is 2.23. The van der Waals surface area contributed by atoms with Crippen molar-refractivity contribution in [2.75, 3.05) is 10.7 Å². The Hall–Kier alpha value is -2.55. The molecule has 0 aromatic carbocycles. The number of anilines is 2. The maximum absolute atomic E-state index is 12.2. The third-order valence-corrected chi connectivity index (χ3v) is 2.74. The molecule has 0 radical (unpaired) electrons. The molecule has 0 saturated heterocycles. The predicted octanol–water partition coefficient (Wildman–Crippen LogP) is 0.440. The summed E-state index contributed by atoms with van der Waals surface area (Å²) in [6.45, 7) is 6.00. The molecule has 2 aromatic heterocycles. The van der Waals surface area contributed by atoms with Crippen molar-refractivity contribution in [2.45, 2.75) is 26.2 Å². The molecule has 2 heterocycles. The molecule has 0 aliphatic carbocycles. The van der Waals surface area contributed by atoms with Crippen LogP contribution >= 0.6 is 0 Å². The normalized spacial score (nSPS) is 11.3. The number of nitrogens with one attached hydrogen (secondary N) is 2. The topological polar surface area (TPSA) is 124 Å². The Labute approximate surface area is 121 Å². The summed E-state index contributed by atoms with van der Waals surface area (Å²) in [5.74, 6) is 5.60. The Balaban J connectivity index is 2.31. The molecule has 2 rings (SSSR count). The number of tetrazole rings is 1. The van der Waals surface area contributed by atoms with Crippen LogP contribution in [0.2, 0.25) is 0 Å². The van der Waals surface area contributed by atoms with Gasteiger partial charge in [-0.05, 0) is 17.3 Å². The van der Waals surface area contributed by atoms with Crippen LogP contribution in [0.15, 0.2) is 12.1 Å². The zero-order valence-electron chi connectivity index (χ0n) is 12.4. The third-order valence-electron chi connectivity index (χ3n) is 2.74. The number of pyridine rings is 1. The van der Waals surface area contributed by atoms with Crippen LogP contribution in [-0.2, 0) is 12.5 Å². The van der Waals surface area contributed by atoms with Crippen molar-refractivity contribution in [1.29, 1.82) is 0 Å². The van der Waals surface area contributed by atoms with E-state index in [1.807, 2.05) is 20.8 Å². The molecular formula is C12H18N8O. The molecule has 4 N–H and O–H groups in total. The van der Waals surface area contributed by atoms with Gasteiger partial charge in [0.05, 0.1) is 7.05 Å². The van der Waals surface area contributed by atoms with Crippen molar-refractivity contribution in [2.24, 2.45) is 12.9 Å². The number of aryl methyl sites for hydroxylation is 1. The number of rotatable bonds is 3. The standard InChI is InChI=1S/C12H18N8O/c1-12(2,3)8-5-7(6-9(14-8)16-13)10(21)15-11-17-19-20(4)18-11/h5-6H,13H2,1-4H3,(H,14,16)(H,15,18,21). The number of nitrogens with two attached hydrogens (primary N) is 1. The lowest BCUT2D eigenvalue weighted by Gasteiger charge is -2.19. The van der Waals surface area contributed by atoms with Gasteiger partial charge in [0.1, 0.15) is 5.82 Å². The van der Waals surface area contributed by atoms with Gasteiger partial charge in [0, 0.05) is 16.7 Å². The van der Waals surface area contributed by atoms with E-state index < -0.39 is 0 Å². The van der Waals surface area contributed by atoms with Gasteiger partial charge in [-0.2, -0.15) is 4.80 Å². The van der Waals surface area contributed by atoms with Crippen LogP contribution in [0.1, 0.15) is 36.8 Å². The Morgan fingerprint density at radius 1 is 1.33 bits per heavy atom. The van der Waals surface area contributed by atoms with Crippen LogP contribution in [0, 0.1) is 0 Å².